The first kappa shape index (κ1) is 19.9. The van der Waals surface area contributed by atoms with Gasteiger partial charge in [0.05, 0.1) is 17.8 Å². The molecule has 2 heterocycles. The maximum absolute atomic E-state index is 10.5. The molecule has 0 fully saturated rings. The predicted molar refractivity (Wildman–Crippen MR) is 109 cm³/mol. The molecule has 1 aliphatic rings. The summed E-state index contributed by atoms with van der Waals surface area (Å²) in [5, 5.41) is 15.0. The van der Waals surface area contributed by atoms with E-state index in [-0.39, 0.29) is 17.9 Å². The molecular weight excluding hydrogens is 338 g/mol. The van der Waals surface area contributed by atoms with E-state index in [1.165, 1.54) is 11.3 Å². The van der Waals surface area contributed by atoms with Crippen molar-refractivity contribution in [1.29, 1.82) is 0 Å². The van der Waals surface area contributed by atoms with E-state index in [4.69, 9.17) is 4.52 Å². The Balaban J connectivity index is 2.36. The molecule has 2 unspecified atom stereocenters. The van der Waals surface area contributed by atoms with E-state index in [1.54, 1.807) is 0 Å². The number of fused-ring (bicyclic) bond motifs is 1. The number of aliphatic hydroxyl groups excluding tert-OH is 1. The zero-order chi connectivity index (χ0) is 20.0. The van der Waals surface area contributed by atoms with Gasteiger partial charge in [-0.2, -0.15) is 0 Å². The van der Waals surface area contributed by atoms with E-state index < -0.39 is 5.54 Å². The van der Waals surface area contributed by atoms with Crippen molar-refractivity contribution >= 4 is 5.69 Å². The van der Waals surface area contributed by atoms with Crippen LogP contribution in [0.3, 0.4) is 0 Å². The SMILES string of the molecule is CCc1noc(C(C)(C)C)c1C1(CN(C)C)C(CO)c2ccccc2N1C. The van der Waals surface area contributed by atoms with Crippen LogP contribution in [0.15, 0.2) is 28.8 Å². The van der Waals surface area contributed by atoms with Crippen LogP contribution in [0.1, 0.15) is 56.2 Å². The molecular formula is C22H33N3O2. The predicted octanol–water partition coefficient (Wildman–Crippen LogP) is 3.52. The lowest BCUT2D eigenvalue weighted by atomic mass is 9.72. The number of benzene rings is 1. The van der Waals surface area contributed by atoms with Gasteiger partial charge in [0.1, 0.15) is 5.76 Å². The third kappa shape index (κ3) is 2.97. The van der Waals surface area contributed by atoms with E-state index in [2.05, 4.69) is 88.1 Å². The minimum Gasteiger partial charge on any atom is -0.396 e. The van der Waals surface area contributed by atoms with Gasteiger partial charge in [0.2, 0.25) is 0 Å². The standard InChI is InChI=1S/C22H33N3O2/c1-8-17-19(20(27-23-17)21(2,3)4)22(14-24(5)6)16(13-26)15-11-9-10-12-18(15)25(22)7/h9-12,16,26H,8,13-14H2,1-7H3. The van der Waals surface area contributed by atoms with Crippen LogP contribution < -0.4 is 4.90 Å². The van der Waals surface area contributed by atoms with Crippen molar-refractivity contribution in [1.82, 2.24) is 10.1 Å². The molecule has 0 saturated heterocycles. The van der Waals surface area contributed by atoms with Crippen LogP contribution >= 0.6 is 0 Å². The van der Waals surface area contributed by atoms with Crippen LogP contribution in [0.5, 0.6) is 0 Å². The molecule has 0 spiro atoms. The fourth-order valence-electron chi connectivity index (χ4n) is 4.69. The zero-order valence-electron chi connectivity index (χ0n) is 17.7. The smallest absolute Gasteiger partial charge is 0.147 e. The first-order valence-corrected chi connectivity index (χ1v) is 9.76. The van der Waals surface area contributed by atoms with Crippen molar-refractivity contribution in [2.24, 2.45) is 0 Å². The van der Waals surface area contributed by atoms with E-state index >= 15 is 0 Å². The summed E-state index contributed by atoms with van der Waals surface area (Å²) < 4.78 is 5.93. The van der Waals surface area contributed by atoms with E-state index in [0.29, 0.717) is 0 Å². The molecule has 1 aromatic carbocycles. The Hall–Kier alpha value is -1.85. The number of anilines is 1. The highest BCUT2D eigenvalue weighted by molar-refractivity contribution is 5.67. The molecule has 5 heteroatoms. The van der Waals surface area contributed by atoms with Crippen LogP contribution in [-0.2, 0) is 17.4 Å². The Morgan fingerprint density at radius 1 is 1.26 bits per heavy atom. The Bertz CT molecular complexity index is 806. The largest absolute Gasteiger partial charge is 0.396 e. The van der Waals surface area contributed by atoms with Crippen molar-refractivity contribution in [2.45, 2.75) is 51.0 Å². The van der Waals surface area contributed by atoms with Crippen molar-refractivity contribution in [3.63, 3.8) is 0 Å². The summed E-state index contributed by atoms with van der Waals surface area (Å²) in [7, 11) is 6.31. The van der Waals surface area contributed by atoms with Gasteiger partial charge in [0.15, 0.2) is 0 Å². The average molecular weight is 372 g/mol. The Labute approximate surface area is 163 Å². The van der Waals surface area contributed by atoms with Gasteiger partial charge in [-0.25, -0.2) is 0 Å². The number of aromatic nitrogens is 1. The monoisotopic (exact) mass is 371 g/mol. The Morgan fingerprint density at radius 2 is 1.93 bits per heavy atom. The highest BCUT2D eigenvalue weighted by Crippen LogP contribution is 2.55. The molecule has 0 aliphatic carbocycles. The van der Waals surface area contributed by atoms with Crippen LogP contribution in [0.2, 0.25) is 0 Å². The molecule has 1 aromatic heterocycles. The maximum Gasteiger partial charge on any atom is 0.147 e. The van der Waals surface area contributed by atoms with E-state index in [1.807, 2.05) is 0 Å². The molecule has 1 N–H and O–H groups in total. The topological polar surface area (TPSA) is 52.7 Å². The fraction of sp³-hybridized carbons (Fsp3) is 0.591. The molecule has 0 radical (unpaired) electrons. The van der Waals surface area contributed by atoms with Crippen molar-refractivity contribution in [3.8, 4) is 0 Å². The van der Waals surface area contributed by atoms with E-state index in [9.17, 15) is 5.11 Å². The number of likely N-dealkylation sites (N-methyl/N-ethyl adjacent to an activating group) is 2. The van der Waals surface area contributed by atoms with Gasteiger partial charge >= 0.3 is 0 Å². The normalized spacial score (nSPS) is 22.6. The second-order valence-corrected chi connectivity index (χ2v) is 8.95. The summed E-state index contributed by atoms with van der Waals surface area (Å²) in [6, 6.07) is 8.40. The van der Waals surface area contributed by atoms with Crippen molar-refractivity contribution in [3.05, 3.63) is 46.8 Å². The molecule has 27 heavy (non-hydrogen) atoms. The molecule has 2 aromatic rings. The third-order valence-electron chi connectivity index (χ3n) is 5.80. The summed E-state index contributed by atoms with van der Waals surface area (Å²) in [4.78, 5) is 4.54. The third-order valence-corrected chi connectivity index (χ3v) is 5.80. The number of aliphatic hydroxyl groups is 1. The fourth-order valence-corrected chi connectivity index (χ4v) is 4.69. The van der Waals surface area contributed by atoms with Crippen LogP contribution in [0.4, 0.5) is 5.69 Å². The lowest BCUT2D eigenvalue weighted by Gasteiger charge is -2.44. The first-order chi connectivity index (χ1) is 12.7. The number of hydrogen-bond acceptors (Lipinski definition) is 5. The molecule has 0 bridgehead atoms. The van der Waals surface area contributed by atoms with Crippen molar-refractivity contribution < 1.29 is 9.63 Å². The number of para-hydroxylation sites is 1. The second-order valence-electron chi connectivity index (χ2n) is 8.95. The number of rotatable bonds is 5. The minimum absolute atomic E-state index is 0.0492. The second kappa shape index (κ2) is 6.95. The zero-order valence-corrected chi connectivity index (χ0v) is 17.7. The number of aryl methyl sites for hydroxylation is 1. The summed E-state index contributed by atoms with van der Waals surface area (Å²) >= 11 is 0. The molecule has 1 aliphatic heterocycles. The van der Waals surface area contributed by atoms with E-state index in [0.717, 1.165) is 30.0 Å². The molecule has 3 rings (SSSR count). The molecule has 0 saturated carbocycles. The Morgan fingerprint density at radius 3 is 2.48 bits per heavy atom. The van der Waals surface area contributed by atoms with Crippen LogP contribution in [0.25, 0.3) is 0 Å². The lowest BCUT2D eigenvalue weighted by Crippen LogP contribution is -2.53. The van der Waals surface area contributed by atoms with Gasteiger partial charge in [-0.05, 0) is 32.1 Å². The first-order valence-electron chi connectivity index (χ1n) is 9.76. The maximum atomic E-state index is 10.5. The summed E-state index contributed by atoms with van der Waals surface area (Å²) in [6.45, 7) is 9.45. The van der Waals surface area contributed by atoms with Crippen molar-refractivity contribution in [2.75, 3.05) is 39.2 Å². The van der Waals surface area contributed by atoms with Gasteiger partial charge in [0, 0.05) is 36.2 Å². The van der Waals surface area contributed by atoms with Crippen LogP contribution in [-0.4, -0.2) is 49.5 Å². The molecule has 148 valence electrons. The molecule has 0 amide bonds. The highest BCUT2D eigenvalue weighted by atomic mass is 16.5. The quantitative estimate of drug-likeness (QED) is 0.872. The van der Waals surface area contributed by atoms with Gasteiger partial charge in [-0.3, -0.25) is 0 Å². The van der Waals surface area contributed by atoms with Gasteiger partial charge < -0.3 is 19.4 Å². The minimum atomic E-state index is -0.435. The van der Waals surface area contributed by atoms with Gasteiger partial charge in [-0.1, -0.05) is 51.1 Å². The number of nitrogens with zero attached hydrogens (tertiary/aromatic N) is 3. The van der Waals surface area contributed by atoms with Crippen LogP contribution in [0, 0.1) is 0 Å². The van der Waals surface area contributed by atoms with Gasteiger partial charge in [-0.15, -0.1) is 0 Å². The summed E-state index contributed by atoms with van der Waals surface area (Å²) in [5.41, 5.74) is 3.87. The molecule has 5 nitrogen and oxygen atoms in total. The molecule has 2 atom stereocenters. The summed E-state index contributed by atoms with van der Waals surface area (Å²) in [6.07, 6.45) is 0.798. The number of hydrogen-bond donors (Lipinski definition) is 1. The Kier molecular flexibility index (Phi) is 5.12. The average Bonchev–Trinajstić information content (AvgIpc) is 3.13. The highest BCUT2D eigenvalue weighted by Gasteiger charge is 2.55. The van der Waals surface area contributed by atoms with Gasteiger partial charge in [0.25, 0.3) is 0 Å². The lowest BCUT2D eigenvalue weighted by molar-refractivity contribution is 0.174. The summed E-state index contributed by atoms with van der Waals surface area (Å²) in [5.74, 6) is 0.867.